The van der Waals surface area contributed by atoms with E-state index in [1.165, 1.54) is 0 Å². The van der Waals surface area contributed by atoms with E-state index in [4.69, 9.17) is 10.5 Å². The van der Waals surface area contributed by atoms with Gasteiger partial charge in [0.05, 0.1) is 7.11 Å². The third-order valence-corrected chi connectivity index (χ3v) is 4.21. The fourth-order valence-electron chi connectivity index (χ4n) is 2.13. The molecule has 5 nitrogen and oxygen atoms in total. The maximum absolute atomic E-state index is 5.70. The highest BCUT2D eigenvalue weighted by Gasteiger charge is 2.09. The maximum atomic E-state index is 5.70. The first-order valence-electron chi connectivity index (χ1n) is 6.60. The lowest BCUT2D eigenvalue weighted by atomic mass is 10.1. The molecule has 0 saturated heterocycles. The Kier molecular flexibility index (Phi) is 4.08. The van der Waals surface area contributed by atoms with Crippen LogP contribution in [0.25, 0.3) is 5.65 Å². The lowest BCUT2D eigenvalue weighted by molar-refractivity contribution is 0.411. The smallest absolute Gasteiger partial charge is 0.195 e. The van der Waals surface area contributed by atoms with Crippen LogP contribution in [0.3, 0.4) is 0 Å². The van der Waals surface area contributed by atoms with E-state index in [1.54, 1.807) is 18.9 Å². The second kappa shape index (κ2) is 6.15. The predicted octanol–water partition coefficient (Wildman–Crippen LogP) is 2.49. The standard InChI is InChI=1S/C15H16N4OS/c1-20-13-6-5-11(9-16)8-12(13)10-21-15-18-17-14-4-2-3-7-19(14)15/h2-8H,9-10,16H2,1H3. The summed E-state index contributed by atoms with van der Waals surface area (Å²) in [6.45, 7) is 0.523. The van der Waals surface area contributed by atoms with Crippen molar-refractivity contribution in [3.63, 3.8) is 0 Å². The van der Waals surface area contributed by atoms with E-state index in [2.05, 4.69) is 16.3 Å². The first-order valence-corrected chi connectivity index (χ1v) is 7.59. The summed E-state index contributed by atoms with van der Waals surface area (Å²) in [7, 11) is 1.68. The number of nitrogens with two attached hydrogens (primary N) is 1. The summed E-state index contributed by atoms with van der Waals surface area (Å²) in [5.41, 5.74) is 8.76. The number of benzene rings is 1. The van der Waals surface area contributed by atoms with Crippen molar-refractivity contribution in [2.75, 3.05) is 7.11 Å². The molecule has 0 atom stereocenters. The topological polar surface area (TPSA) is 65.4 Å². The van der Waals surface area contributed by atoms with E-state index < -0.39 is 0 Å². The Bertz CT molecular complexity index is 756. The second-order valence-electron chi connectivity index (χ2n) is 4.55. The van der Waals surface area contributed by atoms with Gasteiger partial charge in [0.1, 0.15) is 5.75 Å². The lowest BCUT2D eigenvalue weighted by Gasteiger charge is -2.09. The molecule has 1 aromatic carbocycles. The van der Waals surface area contributed by atoms with E-state index in [0.29, 0.717) is 6.54 Å². The van der Waals surface area contributed by atoms with E-state index in [0.717, 1.165) is 33.4 Å². The molecule has 0 spiro atoms. The molecule has 2 N–H and O–H groups in total. The molecule has 0 bridgehead atoms. The average molecular weight is 300 g/mol. The van der Waals surface area contributed by atoms with Gasteiger partial charge in [-0.2, -0.15) is 0 Å². The Hall–Kier alpha value is -2.05. The lowest BCUT2D eigenvalue weighted by Crippen LogP contribution is -1.99. The van der Waals surface area contributed by atoms with E-state index >= 15 is 0 Å². The first kappa shape index (κ1) is 13.9. The fourth-order valence-corrected chi connectivity index (χ4v) is 3.03. The SMILES string of the molecule is COc1ccc(CN)cc1CSc1nnc2ccccn12. The number of hydrogen-bond acceptors (Lipinski definition) is 5. The van der Waals surface area contributed by atoms with Crippen molar-refractivity contribution in [1.82, 2.24) is 14.6 Å². The van der Waals surface area contributed by atoms with E-state index in [-0.39, 0.29) is 0 Å². The summed E-state index contributed by atoms with van der Waals surface area (Å²) < 4.78 is 7.38. The van der Waals surface area contributed by atoms with Crippen LogP contribution in [0, 0.1) is 0 Å². The number of thioether (sulfide) groups is 1. The van der Waals surface area contributed by atoms with Gasteiger partial charge in [0.2, 0.25) is 0 Å². The summed E-state index contributed by atoms with van der Waals surface area (Å²) in [6.07, 6.45) is 1.96. The van der Waals surface area contributed by atoms with Gasteiger partial charge in [-0.3, -0.25) is 4.40 Å². The molecule has 0 saturated carbocycles. The van der Waals surface area contributed by atoms with Crippen LogP contribution in [-0.2, 0) is 12.3 Å². The number of nitrogens with zero attached hydrogens (tertiary/aromatic N) is 3. The number of hydrogen-bond donors (Lipinski definition) is 1. The van der Waals surface area contributed by atoms with Crippen LogP contribution >= 0.6 is 11.8 Å². The molecular formula is C15H16N4OS. The van der Waals surface area contributed by atoms with Gasteiger partial charge in [-0.05, 0) is 29.8 Å². The Balaban J connectivity index is 1.84. The highest BCUT2D eigenvalue weighted by molar-refractivity contribution is 7.98. The van der Waals surface area contributed by atoms with Crippen LogP contribution in [0.2, 0.25) is 0 Å². The minimum Gasteiger partial charge on any atom is -0.496 e. The molecule has 0 fully saturated rings. The minimum atomic E-state index is 0.523. The van der Waals surface area contributed by atoms with Gasteiger partial charge in [-0.25, -0.2) is 0 Å². The van der Waals surface area contributed by atoms with Crippen LogP contribution < -0.4 is 10.5 Å². The van der Waals surface area contributed by atoms with Crippen molar-refractivity contribution in [2.45, 2.75) is 17.5 Å². The maximum Gasteiger partial charge on any atom is 0.195 e. The van der Waals surface area contributed by atoms with Gasteiger partial charge in [0, 0.05) is 24.1 Å². The Morgan fingerprint density at radius 3 is 2.95 bits per heavy atom. The molecule has 2 heterocycles. The number of fused-ring (bicyclic) bond motifs is 1. The minimum absolute atomic E-state index is 0.523. The molecule has 0 radical (unpaired) electrons. The molecule has 6 heteroatoms. The number of rotatable bonds is 5. The predicted molar refractivity (Wildman–Crippen MR) is 83.4 cm³/mol. The molecule has 0 amide bonds. The monoisotopic (exact) mass is 300 g/mol. The molecule has 21 heavy (non-hydrogen) atoms. The highest BCUT2D eigenvalue weighted by Crippen LogP contribution is 2.28. The molecule has 2 aromatic heterocycles. The second-order valence-corrected chi connectivity index (χ2v) is 5.49. The van der Waals surface area contributed by atoms with Crippen molar-refractivity contribution in [3.8, 4) is 5.75 Å². The number of pyridine rings is 1. The summed E-state index contributed by atoms with van der Waals surface area (Å²) in [5, 5.41) is 9.23. The van der Waals surface area contributed by atoms with Crippen molar-refractivity contribution in [1.29, 1.82) is 0 Å². The Morgan fingerprint density at radius 1 is 1.24 bits per heavy atom. The van der Waals surface area contributed by atoms with Gasteiger partial charge >= 0.3 is 0 Å². The molecule has 0 aliphatic rings. The average Bonchev–Trinajstić information content (AvgIpc) is 2.96. The third-order valence-electron chi connectivity index (χ3n) is 3.22. The molecule has 3 rings (SSSR count). The largest absolute Gasteiger partial charge is 0.496 e. The van der Waals surface area contributed by atoms with Crippen molar-refractivity contribution in [3.05, 3.63) is 53.7 Å². The van der Waals surface area contributed by atoms with Crippen LogP contribution in [-0.4, -0.2) is 21.7 Å². The van der Waals surface area contributed by atoms with Crippen LogP contribution in [0.1, 0.15) is 11.1 Å². The summed E-state index contributed by atoms with van der Waals surface area (Å²) >= 11 is 1.63. The summed E-state index contributed by atoms with van der Waals surface area (Å²) in [4.78, 5) is 0. The zero-order valence-corrected chi connectivity index (χ0v) is 12.5. The van der Waals surface area contributed by atoms with E-state index in [1.807, 2.05) is 40.9 Å². The van der Waals surface area contributed by atoms with Crippen LogP contribution in [0.5, 0.6) is 5.75 Å². The van der Waals surface area contributed by atoms with Gasteiger partial charge < -0.3 is 10.5 Å². The quantitative estimate of drug-likeness (QED) is 0.733. The highest BCUT2D eigenvalue weighted by atomic mass is 32.2. The van der Waals surface area contributed by atoms with Crippen LogP contribution in [0.4, 0.5) is 0 Å². The molecule has 3 aromatic rings. The van der Waals surface area contributed by atoms with Gasteiger partial charge in [0.15, 0.2) is 10.8 Å². The number of aromatic nitrogens is 3. The van der Waals surface area contributed by atoms with Gasteiger partial charge in [-0.15, -0.1) is 10.2 Å². The van der Waals surface area contributed by atoms with Crippen molar-refractivity contribution in [2.24, 2.45) is 5.73 Å². The Morgan fingerprint density at radius 2 is 2.14 bits per heavy atom. The zero-order valence-electron chi connectivity index (χ0n) is 11.7. The zero-order chi connectivity index (χ0) is 14.7. The van der Waals surface area contributed by atoms with Crippen molar-refractivity contribution >= 4 is 17.4 Å². The molecular weight excluding hydrogens is 284 g/mol. The summed E-state index contributed by atoms with van der Waals surface area (Å²) in [5.74, 6) is 1.63. The van der Waals surface area contributed by atoms with Crippen molar-refractivity contribution < 1.29 is 4.74 Å². The fraction of sp³-hybridized carbons (Fsp3) is 0.200. The molecule has 108 valence electrons. The summed E-state index contributed by atoms with van der Waals surface area (Å²) in [6, 6.07) is 11.9. The third kappa shape index (κ3) is 2.86. The molecule has 0 aliphatic heterocycles. The Labute approximate surface area is 127 Å². The van der Waals surface area contributed by atoms with Gasteiger partial charge in [-0.1, -0.05) is 23.9 Å². The van der Waals surface area contributed by atoms with Crippen LogP contribution in [0.15, 0.2) is 47.8 Å². The normalized spacial score (nSPS) is 11.0. The number of methoxy groups -OCH3 is 1. The van der Waals surface area contributed by atoms with Gasteiger partial charge in [0.25, 0.3) is 0 Å². The number of ether oxygens (including phenoxy) is 1. The molecule has 0 aliphatic carbocycles. The van der Waals surface area contributed by atoms with E-state index in [9.17, 15) is 0 Å². The first-order chi connectivity index (χ1) is 10.3. The molecule has 0 unspecified atom stereocenters.